The van der Waals surface area contributed by atoms with Crippen LogP contribution in [0.5, 0.6) is 0 Å². The number of guanidine groups is 1. The molecular weight excluding hydrogens is 380 g/mol. The average molecular weight is 403 g/mol. The van der Waals surface area contributed by atoms with Crippen LogP contribution in [0.15, 0.2) is 33.7 Å². The van der Waals surface area contributed by atoms with Crippen molar-refractivity contribution in [1.29, 1.82) is 0 Å². The number of nitrogens with two attached hydrogens (primary N) is 1. The molecule has 0 aromatic heterocycles. The Balaban J connectivity index is 1.99. The number of aliphatic imine (C=N–C) groups is 1. The molecule has 0 amide bonds. The van der Waals surface area contributed by atoms with Gasteiger partial charge in [0, 0.05) is 23.0 Å². The SMILES string of the molecule is CCNC(=NCC1(c2cccc(Br)c2)CC1)NCCS(N)(=O)=O. The second-order valence-electron chi connectivity index (χ2n) is 5.78. The van der Waals surface area contributed by atoms with Gasteiger partial charge in [-0.1, -0.05) is 28.1 Å². The first kappa shape index (κ1) is 18.2. The van der Waals surface area contributed by atoms with E-state index in [4.69, 9.17) is 5.14 Å². The molecule has 1 aromatic carbocycles. The van der Waals surface area contributed by atoms with E-state index >= 15 is 0 Å². The van der Waals surface area contributed by atoms with Crippen molar-refractivity contribution in [2.24, 2.45) is 10.1 Å². The molecule has 8 heteroatoms. The van der Waals surface area contributed by atoms with Gasteiger partial charge in [-0.2, -0.15) is 0 Å². The molecule has 0 spiro atoms. The molecule has 23 heavy (non-hydrogen) atoms. The number of benzene rings is 1. The van der Waals surface area contributed by atoms with E-state index in [9.17, 15) is 8.42 Å². The summed E-state index contributed by atoms with van der Waals surface area (Å²) >= 11 is 3.51. The normalized spacial score (nSPS) is 16.9. The Morgan fingerprint density at radius 2 is 2.13 bits per heavy atom. The highest BCUT2D eigenvalue weighted by Crippen LogP contribution is 2.48. The molecular formula is C15H23BrN4O2S. The van der Waals surface area contributed by atoms with Crippen LogP contribution in [0.1, 0.15) is 25.3 Å². The van der Waals surface area contributed by atoms with Crippen LogP contribution in [0.4, 0.5) is 0 Å². The van der Waals surface area contributed by atoms with Crippen LogP contribution in [-0.4, -0.2) is 39.8 Å². The van der Waals surface area contributed by atoms with E-state index in [1.54, 1.807) is 0 Å². The lowest BCUT2D eigenvalue weighted by Gasteiger charge is -2.16. The Morgan fingerprint density at radius 3 is 2.70 bits per heavy atom. The molecule has 0 atom stereocenters. The van der Waals surface area contributed by atoms with Crippen molar-refractivity contribution in [2.75, 3.05) is 25.4 Å². The first-order valence-corrected chi connectivity index (χ1v) is 10.1. The zero-order valence-electron chi connectivity index (χ0n) is 13.2. The number of sulfonamides is 1. The molecule has 1 aromatic rings. The monoisotopic (exact) mass is 402 g/mol. The maximum absolute atomic E-state index is 11.0. The van der Waals surface area contributed by atoms with Crippen LogP contribution in [-0.2, 0) is 15.4 Å². The van der Waals surface area contributed by atoms with E-state index in [1.807, 2.05) is 19.1 Å². The first-order valence-electron chi connectivity index (χ1n) is 7.63. The van der Waals surface area contributed by atoms with Gasteiger partial charge >= 0.3 is 0 Å². The van der Waals surface area contributed by atoms with Crippen molar-refractivity contribution in [3.63, 3.8) is 0 Å². The van der Waals surface area contributed by atoms with E-state index in [0.717, 1.165) is 17.3 Å². The van der Waals surface area contributed by atoms with Gasteiger partial charge in [-0.3, -0.25) is 4.99 Å². The number of primary sulfonamides is 1. The predicted molar refractivity (Wildman–Crippen MR) is 97.0 cm³/mol. The van der Waals surface area contributed by atoms with E-state index in [-0.39, 0.29) is 17.7 Å². The number of hydrogen-bond donors (Lipinski definition) is 3. The van der Waals surface area contributed by atoms with E-state index in [2.05, 4.69) is 43.7 Å². The van der Waals surface area contributed by atoms with Gasteiger partial charge in [-0.05, 0) is 37.5 Å². The summed E-state index contributed by atoms with van der Waals surface area (Å²) < 4.78 is 23.0. The van der Waals surface area contributed by atoms with Crippen molar-refractivity contribution in [3.8, 4) is 0 Å². The lowest BCUT2D eigenvalue weighted by atomic mass is 9.96. The van der Waals surface area contributed by atoms with Crippen LogP contribution in [0.3, 0.4) is 0 Å². The van der Waals surface area contributed by atoms with Crippen LogP contribution >= 0.6 is 15.9 Å². The fourth-order valence-electron chi connectivity index (χ4n) is 2.39. The quantitative estimate of drug-likeness (QED) is 0.473. The van der Waals surface area contributed by atoms with Gasteiger partial charge in [-0.25, -0.2) is 13.6 Å². The summed E-state index contributed by atoms with van der Waals surface area (Å²) in [7, 11) is -3.46. The largest absolute Gasteiger partial charge is 0.357 e. The third-order valence-electron chi connectivity index (χ3n) is 3.85. The second kappa shape index (κ2) is 7.63. The van der Waals surface area contributed by atoms with Crippen molar-refractivity contribution in [3.05, 3.63) is 34.3 Å². The molecule has 6 nitrogen and oxygen atoms in total. The smallest absolute Gasteiger partial charge is 0.210 e. The number of hydrogen-bond acceptors (Lipinski definition) is 3. The number of nitrogens with zero attached hydrogens (tertiary/aromatic N) is 1. The van der Waals surface area contributed by atoms with Gasteiger partial charge in [0.15, 0.2) is 5.96 Å². The fourth-order valence-corrected chi connectivity index (χ4v) is 3.18. The summed E-state index contributed by atoms with van der Waals surface area (Å²) in [5, 5.41) is 11.1. The Bertz CT molecular complexity index is 672. The molecule has 0 aliphatic heterocycles. The molecule has 0 radical (unpaired) electrons. The van der Waals surface area contributed by atoms with Gasteiger partial charge < -0.3 is 10.6 Å². The predicted octanol–water partition coefficient (Wildman–Crippen LogP) is 1.32. The molecule has 4 N–H and O–H groups in total. The zero-order valence-corrected chi connectivity index (χ0v) is 15.6. The van der Waals surface area contributed by atoms with Gasteiger partial charge in [-0.15, -0.1) is 0 Å². The highest BCUT2D eigenvalue weighted by molar-refractivity contribution is 9.10. The Hall–Kier alpha value is -1.12. The minimum atomic E-state index is -3.46. The highest BCUT2D eigenvalue weighted by atomic mass is 79.9. The average Bonchev–Trinajstić information content (AvgIpc) is 3.25. The van der Waals surface area contributed by atoms with E-state index < -0.39 is 10.0 Å². The molecule has 0 heterocycles. The third-order valence-corrected chi connectivity index (χ3v) is 5.12. The van der Waals surface area contributed by atoms with E-state index in [0.29, 0.717) is 19.0 Å². The Morgan fingerprint density at radius 1 is 1.39 bits per heavy atom. The number of rotatable bonds is 7. The zero-order chi connectivity index (χ0) is 16.9. The standard InChI is InChI=1S/C15H23BrN4O2S/c1-2-18-14(19-8-9-23(17,21)22)20-11-15(6-7-15)12-4-3-5-13(16)10-12/h3-5,10H,2,6-9,11H2,1H3,(H2,17,21,22)(H2,18,19,20). The molecule has 2 rings (SSSR count). The van der Waals surface area contributed by atoms with Crippen molar-refractivity contribution in [1.82, 2.24) is 10.6 Å². The highest BCUT2D eigenvalue weighted by Gasteiger charge is 2.44. The number of nitrogens with one attached hydrogen (secondary N) is 2. The lowest BCUT2D eigenvalue weighted by molar-refractivity contribution is 0.596. The summed E-state index contributed by atoms with van der Waals surface area (Å²) in [6, 6.07) is 8.33. The second-order valence-corrected chi connectivity index (χ2v) is 8.43. The lowest BCUT2D eigenvalue weighted by Crippen LogP contribution is -2.40. The maximum Gasteiger partial charge on any atom is 0.210 e. The minimum Gasteiger partial charge on any atom is -0.357 e. The summed E-state index contributed by atoms with van der Waals surface area (Å²) in [4.78, 5) is 4.62. The summed E-state index contributed by atoms with van der Waals surface area (Å²) in [6.07, 6.45) is 2.23. The first-order chi connectivity index (χ1) is 10.8. The molecule has 0 unspecified atom stereocenters. The van der Waals surface area contributed by atoms with Crippen molar-refractivity contribution >= 4 is 31.9 Å². The van der Waals surface area contributed by atoms with Crippen LogP contribution in [0.2, 0.25) is 0 Å². The molecule has 1 aliphatic rings. The van der Waals surface area contributed by atoms with Crippen molar-refractivity contribution in [2.45, 2.75) is 25.2 Å². The minimum absolute atomic E-state index is 0.103. The summed E-state index contributed by atoms with van der Waals surface area (Å²) in [5.74, 6) is 0.506. The maximum atomic E-state index is 11.0. The third kappa shape index (κ3) is 5.78. The van der Waals surface area contributed by atoms with Crippen LogP contribution < -0.4 is 15.8 Å². The Kier molecular flexibility index (Phi) is 6.05. The molecule has 1 aliphatic carbocycles. The van der Waals surface area contributed by atoms with E-state index in [1.165, 1.54) is 5.56 Å². The molecule has 0 bridgehead atoms. The van der Waals surface area contributed by atoms with Gasteiger partial charge in [0.05, 0.1) is 12.3 Å². The number of halogens is 1. The molecule has 1 fully saturated rings. The topological polar surface area (TPSA) is 96.6 Å². The van der Waals surface area contributed by atoms with Crippen LogP contribution in [0, 0.1) is 0 Å². The van der Waals surface area contributed by atoms with Gasteiger partial charge in [0.2, 0.25) is 10.0 Å². The summed E-state index contributed by atoms with van der Waals surface area (Å²) in [5.41, 5.74) is 1.39. The fraction of sp³-hybridized carbons (Fsp3) is 0.533. The molecule has 0 saturated heterocycles. The van der Waals surface area contributed by atoms with Crippen LogP contribution in [0.25, 0.3) is 0 Å². The van der Waals surface area contributed by atoms with Gasteiger partial charge in [0.1, 0.15) is 0 Å². The molecule has 1 saturated carbocycles. The Labute approximate surface area is 146 Å². The van der Waals surface area contributed by atoms with Crippen molar-refractivity contribution < 1.29 is 8.42 Å². The van der Waals surface area contributed by atoms with Gasteiger partial charge in [0.25, 0.3) is 0 Å². The molecule has 128 valence electrons. The summed E-state index contributed by atoms with van der Waals surface area (Å²) in [6.45, 7) is 3.60.